The predicted octanol–water partition coefficient (Wildman–Crippen LogP) is 1.87. The third-order valence-corrected chi connectivity index (χ3v) is 4.77. The van der Waals surface area contributed by atoms with Gasteiger partial charge in [0.1, 0.15) is 0 Å². The lowest BCUT2D eigenvalue weighted by Crippen LogP contribution is -2.42. The van der Waals surface area contributed by atoms with Crippen LogP contribution >= 0.6 is 0 Å². The van der Waals surface area contributed by atoms with Gasteiger partial charge in [-0.1, -0.05) is 30.3 Å². The van der Waals surface area contributed by atoms with Gasteiger partial charge in [-0.3, -0.25) is 9.59 Å². The molecule has 2 aliphatic heterocycles. The lowest BCUT2D eigenvalue weighted by molar-refractivity contribution is -0.136. The van der Waals surface area contributed by atoms with Crippen molar-refractivity contribution in [1.82, 2.24) is 9.80 Å². The molecule has 2 saturated heterocycles. The second kappa shape index (κ2) is 5.88. The maximum Gasteiger partial charge on any atom is 0.227 e. The molecule has 21 heavy (non-hydrogen) atoms. The van der Waals surface area contributed by atoms with E-state index in [0.29, 0.717) is 18.9 Å². The van der Waals surface area contributed by atoms with Crippen LogP contribution in [0.2, 0.25) is 0 Å². The third-order valence-electron chi connectivity index (χ3n) is 4.77. The van der Waals surface area contributed by atoms with E-state index < -0.39 is 0 Å². The number of nitrogens with zero attached hydrogens (tertiary/aromatic N) is 2. The smallest absolute Gasteiger partial charge is 0.227 e. The van der Waals surface area contributed by atoms with E-state index in [4.69, 9.17) is 0 Å². The summed E-state index contributed by atoms with van der Waals surface area (Å²) in [5.74, 6) is 0.686. The van der Waals surface area contributed by atoms with Crippen LogP contribution in [-0.2, 0) is 9.59 Å². The highest BCUT2D eigenvalue weighted by Gasteiger charge is 2.35. The molecule has 1 aromatic carbocycles. The van der Waals surface area contributed by atoms with Crippen LogP contribution in [0.25, 0.3) is 0 Å². The van der Waals surface area contributed by atoms with E-state index in [1.165, 1.54) is 5.56 Å². The van der Waals surface area contributed by atoms with E-state index in [1.807, 2.05) is 11.0 Å². The van der Waals surface area contributed by atoms with Crippen molar-refractivity contribution in [3.63, 3.8) is 0 Å². The lowest BCUT2D eigenvalue weighted by atomic mass is 9.89. The molecule has 0 spiro atoms. The first-order valence-electron chi connectivity index (χ1n) is 7.73. The van der Waals surface area contributed by atoms with Gasteiger partial charge in [0.05, 0.1) is 5.92 Å². The zero-order valence-corrected chi connectivity index (χ0v) is 12.5. The van der Waals surface area contributed by atoms with Crippen LogP contribution < -0.4 is 0 Å². The van der Waals surface area contributed by atoms with E-state index in [-0.39, 0.29) is 17.7 Å². The van der Waals surface area contributed by atoms with Crippen LogP contribution in [-0.4, -0.2) is 48.3 Å². The van der Waals surface area contributed by atoms with Crippen LogP contribution in [0.15, 0.2) is 30.3 Å². The average Bonchev–Trinajstić information content (AvgIpc) is 2.87. The van der Waals surface area contributed by atoms with Gasteiger partial charge in [0.25, 0.3) is 0 Å². The molecule has 2 fully saturated rings. The zero-order valence-electron chi connectivity index (χ0n) is 12.5. The molecule has 2 heterocycles. The van der Waals surface area contributed by atoms with Gasteiger partial charge in [0.15, 0.2) is 0 Å². The molecule has 4 heteroatoms. The molecular weight excluding hydrogens is 264 g/mol. The number of rotatable bonds is 2. The molecule has 0 N–H and O–H groups in total. The van der Waals surface area contributed by atoms with E-state index >= 15 is 0 Å². The minimum absolute atomic E-state index is 0.0903. The SMILES string of the molecule is CN1CC(C(=O)N2CCC(c3ccccc3)CC2)CC1=O. The summed E-state index contributed by atoms with van der Waals surface area (Å²) in [4.78, 5) is 27.7. The Balaban J connectivity index is 1.56. The summed E-state index contributed by atoms with van der Waals surface area (Å²) in [5, 5.41) is 0. The maximum atomic E-state index is 12.5. The second-order valence-electron chi connectivity index (χ2n) is 6.19. The topological polar surface area (TPSA) is 40.6 Å². The number of piperidine rings is 1. The Morgan fingerprint density at radius 2 is 1.81 bits per heavy atom. The summed E-state index contributed by atoms with van der Waals surface area (Å²) < 4.78 is 0. The molecule has 0 saturated carbocycles. The molecule has 1 atom stereocenters. The van der Waals surface area contributed by atoms with Crippen LogP contribution in [0.5, 0.6) is 0 Å². The molecule has 0 radical (unpaired) electrons. The van der Waals surface area contributed by atoms with Crippen LogP contribution in [0.3, 0.4) is 0 Å². The van der Waals surface area contributed by atoms with Crippen LogP contribution in [0.1, 0.15) is 30.7 Å². The van der Waals surface area contributed by atoms with Gasteiger partial charge >= 0.3 is 0 Å². The minimum atomic E-state index is -0.129. The largest absolute Gasteiger partial charge is 0.345 e. The molecule has 4 nitrogen and oxygen atoms in total. The number of amides is 2. The molecule has 3 rings (SSSR count). The molecular formula is C17H22N2O2. The second-order valence-corrected chi connectivity index (χ2v) is 6.19. The Kier molecular flexibility index (Phi) is 3.95. The van der Waals surface area contributed by atoms with Crippen molar-refractivity contribution in [2.45, 2.75) is 25.2 Å². The Morgan fingerprint density at radius 1 is 1.14 bits per heavy atom. The summed E-state index contributed by atoms with van der Waals surface area (Å²) in [7, 11) is 1.78. The Labute approximate surface area is 125 Å². The lowest BCUT2D eigenvalue weighted by Gasteiger charge is -2.33. The quantitative estimate of drug-likeness (QED) is 0.833. The first kappa shape index (κ1) is 14.1. The highest BCUT2D eigenvalue weighted by atomic mass is 16.2. The van der Waals surface area contributed by atoms with Crippen molar-refractivity contribution in [1.29, 1.82) is 0 Å². The minimum Gasteiger partial charge on any atom is -0.345 e. The monoisotopic (exact) mass is 286 g/mol. The maximum absolute atomic E-state index is 12.5. The molecule has 112 valence electrons. The van der Waals surface area contributed by atoms with Gasteiger partial charge < -0.3 is 9.80 Å². The van der Waals surface area contributed by atoms with Crippen molar-refractivity contribution < 1.29 is 9.59 Å². The molecule has 0 bridgehead atoms. The van der Waals surface area contributed by atoms with E-state index in [2.05, 4.69) is 24.3 Å². The van der Waals surface area contributed by atoms with E-state index in [0.717, 1.165) is 25.9 Å². The molecule has 2 aliphatic rings. The average molecular weight is 286 g/mol. The first-order valence-corrected chi connectivity index (χ1v) is 7.73. The number of hydrogen-bond acceptors (Lipinski definition) is 2. The van der Waals surface area contributed by atoms with Crippen molar-refractivity contribution >= 4 is 11.8 Å². The fourth-order valence-electron chi connectivity index (χ4n) is 3.45. The fourth-order valence-corrected chi connectivity index (χ4v) is 3.45. The van der Waals surface area contributed by atoms with Crippen molar-refractivity contribution in [3.8, 4) is 0 Å². The van der Waals surface area contributed by atoms with Crippen LogP contribution in [0.4, 0.5) is 0 Å². The van der Waals surface area contributed by atoms with Gasteiger partial charge in [-0.2, -0.15) is 0 Å². The van der Waals surface area contributed by atoms with Crippen molar-refractivity contribution in [2.24, 2.45) is 5.92 Å². The van der Waals surface area contributed by atoms with E-state index in [9.17, 15) is 9.59 Å². The molecule has 1 unspecified atom stereocenters. The molecule has 0 aliphatic carbocycles. The third kappa shape index (κ3) is 2.94. The Bertz CT molecular complexity index is 521. The normalized spacial score (nSPS) is 23.7. The number of likely N-dealkylation sites (tertiary alicyclic amines) is 2. The number of benzene rings is 1. The summed E-state index contributed by atoms with van der Waals surface area (Å²) in [6.07, 6.45) is 2.42. The van der Waals surface area contributed by atoms with Gasteiger partial charge in [0, 0.05) is 33.1 Å². The standard InChI is InChI=1S/C17H22N2O2/c1-18-12-15(11-16(18)20)17(21)19-9-7-14(8-10-19)13-5-3-2-4-6-13/h2-6,14-15H,7-12H2,1H3. The number of carbonyl (C=O) groups excluding carboxylic acids is 2. The molecule has 2 amide bonds. The number of carbonyl (C=O) groups is 2. The first-order chi connectivity index (χ1) is 10.1. The predicted molar refractivity (Wildman–Crippen MR) is 80.7 cm³/mol. The zero-order chi connectivity index (χ0) is 14.8. The summed E-state index contributed by atoms with van der Waals surface area (Å²) in [5.41, 5.74) is 1.38. The molecule has 1 aromatic rings. The fraction of sp³-hybridized carbons (Fsp3) is 0.529. The Hall–Kier alpha value is -1.84. The van der Waals surface area contributed by atoms with Crippen molar-refractivity contribution in [2.75, 3.05) is 26.7 Å². The van der Waals surface area contributed by atoms with Crippen LogP contribution in [0, 0.1) is 5.92 Å². The summed E-state index contributed by atoms with van der Waals surface area (Å²) in [6, 6.07) is 10.5. The van der Waals surface area contributed by atoms with Crippen molar-refractivity contribution in [3.05, 3.63) is 35.9 Å². The highest BCUT2D eigenvalue weighted by molar-refractivity contribution is 5.89. The summed E-state index contributed by atoms with van der Waals surface area (Å²) >= 11 is 0. The van der Waals surface area contributed by atoms with E-state index in [1.54, 1.807) is 11.9 Å². The van der Waals surface area contributed by atoms with Gasteiger partial charge in [-0.15, -0.1) is 0 Å². The highest BCUT2D eigenvalue weighted by Crippen LogP contribution is 2.29. The summed E-state index contributed by atoms with van der Waals surface area (Å²) in [6.45, 7) is 2.20. The van der Waals surface area contributed by atoms with Gasteiger partial charge in [-0.25, -0.2) is 0 Å². The van der Waals surface area contributed by atoms with Gasteiger partial charge in [0.2, 0.25) is 11.8 Å². The van der Waals surface area contributed by atoms with Gasteiger partial charge in [-0.05, 0) is 24.3 Å². The Morgan fingerprint density at radius 3 is 2.38 bits per heavy atom. The number of hydrogen-bond donors (Lipinski definition) is 0. The molecule has 0 aromatic heterocycles.